The van der Waals surface area contributed by atoms with Crippen LogP contribution in [0.4, 0.5) is 28.8 Å². The molecule has 0 radical (unpaired) electrons. The molecular formula is C40H45F3N8O3S. The van der Waals surface area contributed by atoms with E-state index in [0.717, 1.165) is 43.6 Å². The molecule has 1 amide bonds. The van der Waals surface area contributed by atoms with Crippen LogP contribution in [-0.2, 0) is 4.74 Å². The lowest BCUT2D eigenvalue weighted by Gasteiger charge is -2.42. The molecule has 6 heterocycles. The predicted octanol–water partition coefficient (Wildman–Crippen LogP) is 7.73. The number of hydrogen-bond acceptors (Lipinski definition) is 10. The molecule has 55 heavy (non-hydrogen) atoms. The standard InChI is InChI=1S/C40H45F3N8O3S/c1-22-14-27-33(32(43)30(22)26-10-11-29(42)34-31(26)28(16-44)36(55-34)45-21-48(5)6)46-37(53-20-40-12-7-13-50(40)17-23(41)15-40)47-35(27)49-18-24-8-9-25(19-49)51(24)38(52)54-39(2,3)4/h10-11,14,21,23-25H,7-9,12-13,15,17-20H2,1-6H3/t23-,24-,25+,40+/m1/s1. The normalized spacial score (nSPS) is 24.0. The minimum atomic E-state index is -0.950. The summed E-state index contributed by atoms with van der Waals surface area (Å²) in [6.45, 7) is 9.51. The van der Waals surface area contributed by atoms with Crippen molar-refractivity contribution in [1.82, 2.24) is 24.7 Å². The minimum absolute atomic E-state index is 0.00940. The van der Waals surface area contributed by atoms with Crippen molar-refractivity contribution in [3.8, 4) is 23.2 Å². The van der Waals surface area contributed by atoms with E-state index in [0.29, 0.717) is 53.4 Å². The lowest BCUT2D eigenvalue weighted by atomic mass is 9.93. The number of benzene rings is 2. The zero-order valence-electron chi connectivity index (χ0n) is 32.0. The molecule has 290 valence electrons. The van der Waals surface area contributed by atoms with Crippen molar-refractivity contribution < 1.29 is 27.4 Å². The Hall–Kier alpha value is -4.68. The number of rotatable bonds is 7. The van der Waals surface area contributed by atoms with E-state index in [9.17, 15) is 14.4 Å². The van der Waals surface area contributed by atoms with Crippen molar-refractivity contribution in [3.05, 3.63) is 41.0 Å². The number of anilines is 1. The second-order valence-corrected chi connectivity index (χ2v) is 17.6. The van der Waals surface area contributed by atoms with Crippen LogP contribution in [0.15, 0.2) is 23.2 Å². The second kappa shape index (κ2) is 13.8. The van der Waals surface area contributed by atoms with Gasteiger partial charge in [-0.2, -0.15) is 15.2 Å². The summed E-state index contributed by atoms with van der Waals surface area (Å²) in [5.74, 6) is -0.721. The van der Waals surface area contributed by atoms with Crippen LogP contribution in [-0.4, -0.2) is 113 Å². The van der Waals surface area contributed by atoms with Crippen LogP contribution in [0.25, 0.3) is 32.1 Å². The average Bonchev–Trinajstić information content (AvgIpc) is 3.84. The number of halogens is 3. The number of alkyl halides is 1. The molecular weight excluding hydrogens is 730 g/mol. The SMILES string of the molecule is Cc1cc2c(N3C[C@H]4CC[C@@H](C3)N4C(=O)OC(C)(C)C)nc(OC[C@@]34CCCN3C[C@H](F)C4)nc2c(F)c1-c1ccc(F)c2sc(N=CN(C)C)c(C#N)c12. The maximum Gasteiger partial charge on any atom is 0.410 e. The first-order chi connectivity index (χ1) is 26.2. The number of thiophene rings is 1. The van der Waals surface area contributed by atoms with E-state index in [1.54, 1.807) is 25.9 Å². The Morgan fingerprint density at radius 2 is 1.93 bits per heavy atom. The Morgan fingerprint density at radius 3 is 2.62 bits per heavy atom. The number of carbonyl (C=O) groups is 1. The number of fused-ring (bicyclic) bond motifs is 5. The smallest absolute Gasteiger partial charge is 0.410 e. The zero-order chi connectivity index (χ0) is 39.0. The number of nitrogens with zero attached hydrogens (tertiary/aromatic N) is 8. The van der Waals surface area contributed by atoms with Gasteiger partial charge in [-0.25, -0.2) is 23.0 Å². The molecule has 4 aliphatic heterocycles. The number of amides is 1. The molecule has 2 aromatic carbocycles. The van der Waals surface area contributed by atoms with E-state index in [1.165, 1.54) is 18.5 Å². The first-order valence-electron chi connectivity index (χ1n) is 18.8. The van der Waals surface area contributed by atoms with Gasteiger partial charge in [0.15, 0.2) is 5.82 Å². The monoisotopic (exact) mass is 774 g/mol. The number of nitriles is 1. The van der Waals surface area contributed by atoms with Gasteiger partial charge < -0.3 is 19.3 Å². The number of piperazine rings is 1. The van der Waals surface area contributed by atoms with Gasteiger partial charge in [-0.1, -0.05) is 6.07 Å². The van der Waals surface area contributed by atoms with E-state index in [2.05, 4.69) is 25.8 Å². The highest BCUT2D eigenvalue weighted by Gasteiger charge is 2.50. The van der Waals surface area contributed by atoms with Crippen molar-refractivity contribution in [2.24, 2.45) is 4.99 Å². The van der Waals surface area contributed by atoms with Crippen molar-refractivity contribution >= 4 is 55.6 Å². The highest BCUT2D eigenvalue weighted by molar-refractivity contribution is 7.23. The van der Waals surface area contributed by atoms with E-state index in [-0.39, 0.29) is 57.5 Å². The fourth-order valence-corrected chi connectivity index (χ4v) is 10.0. The molecule has 4 aromatic rings. The molecule has 0 spiro atoms. The van der Waals surface area contributed by atoms with Gasteiger partial charge >= 0.3 is 12.1 Å². The molecule has 11 nitrogen and oxygen atoms in total. The molecule has 4 saturated heterocycles. The fraction of sp³-hybridized carbons (Fsp3) is 0.525. The number of carbonyl (C=O) groups excluding carboxylic acids is 1. The van der Waals surface area contributed by atoms with Crippen LogP contribution in [0.5, 0.6) is 6.01 Å². The summed E-state index contributed by atoms with van der Waals surface area (Å²) >= 11 is 1.04. The van der Waals surface area contributed by atoms with Gasteiger partial charge in [-0.05, 0) is 83.2 Å². The van der Waals surface area contributed by atoms with Gasteiger partial charge in [0.05, 0.1) is 34.2 Å². The largest absolute Gasteiger partial charge is 0.461 e. The van der Waals surface area contributed by atoms with Gasteiger partial charge in [-0.3, -0.25) is 9.80 Å². The van der Waals surface area contributed by atoms with Crippen molar-refractivity contribution in [2.45, 2.75) is 89.2 Å². The molecule has 0 unspecified atom stereocenters. The maximum absolute atomic E-state index is 17.5. The zero-order valence-corrected chi connectivity index (χ0v) is 32.8. The van der Waals surface area contributed by atoms with Crippen molar-refractivity contribution in [1.29, 1.82) is 5.26 Å². The van der Waals surface area contributed by atoms with Crippen LogP contribution in [0.2, 0.25) is 0 Å². The summed E-state index contributed by atoms with van der Waals surface area (Å²) in [5, 5.41) is 11.4. The van der Waals surface area contributed by atoms with E-state index in [1.807, 2.05) is 31.7 Å². The third kappa shape index (κ3) is 6.60. The van der Waals surface area contributed by atoms with Crippen molar-refractivity contribution in [2.75, 3.05) is 51.8 Å². The van der Waals surface area contributed by atoms with Crippen LogP contribution in [0.3, 0.4) is 0 Å². The molecule has 4 aliphatic rings. The summed E-state index contributed by atoms with van der Waals surface area (Å²) in [5.41, 5.74) is 0.110. The summed E-state index contributed by atoms with van der Waals surface area (Å²) < 4.78 is 59.8. The topological polar surface area (TPSA) is 110 Å². The maximum atomic E-state index is 17.5. The van der Waals surface area contributed by atoms with E-state index in [4.69, 9.17) is 14.5 Å². The van der Waals surface area contributed by atoms with Gasteiger partial charge in [0.25, 0.3) is 0 Å². The fourth-order valence-electron chi connectivity index (χ4n) is 9.02. The Bertz CT molecular complexity index is 2250. The molecule has 0 aliphatic carbocycles. The molecule has 2 bridgehead atoms. The summed E-state index contributed by atoms with van der Waals surface area (Å²) in [6, 6.07) is 6.49. The molecule has 8 rings (SSSR count). The number of aryl methyl sites for hydroxylation is 1. The molecule has 0 saturated carbocycles. The predicted molar refractivity (Wildman–Crippen MR) is 207 cm³/mol. The van der Waals surface area contributed by atoms with Crippen molar-refractivity contribution in [3.63, 3.8) is 0 Å². The summed E-state index contributed by atoms with van der Waals surface area (Å²) in [4.78, 5) is 35.1. The molecule has 0 N–H and O–H groups in total. The van der Waals surface area contributed by atoms with E-state index >= 15 is 8.78 Å². The second-order valence-electron chi connectivity index (χ2n) is 16.6. The Balaban J connectivity index is 1.25. The molecule has 15 heteroatoms. The van der Waals surface area contributed by atoms with Gasteiger partial charge in [0.2, 0.25) is 0 Å². The number of aromatic nitrogens is 2. The van der Waals surface area contributed by atoms with Crippen LogP contribution in [0.1, 0.15) is 64.0 Å². The van der Waals surface area contributed by atoms with Crippen LogP contribution >= 0.6 is 11.3 Å². The summed E-state index contributed by atoms with van der Waals surface area (Å²) in [7, 11) is 3.58. The third-order valence-corrected chi connectivity index (χ3v) is 12.4. The summed E-state index contributed by atoms with van der Waals surface area (Å²) in [6.07, 6.45) is 3.88. The highest BCUT2D eigenvalue weighted by atomic mass is 32.1. The molecule has 4 fully saturated rings. The lowest BCUT2D eigenvalue weighted by molar-refractivity contribution is 0.0122. The first kappa shape index (κ1) is 37.3. The minimum Gasteiger partial charge on any atom is -0.461 e. The average molecular weight is 775 g/mol. The van der Waals surface area contributed by atoms with Gasteiger partial charge in [0, 0.05) is 56.5 Å². The van der Waals surface area contributed by atoms with Gasteiger partial charge in [0.1, 0.15) is 46.6 Å². The number of ether oxygens (including phenoxy) is 2. The number of aliphatic imine (C=N–C) groups is 1. The number of hydrogen-bond donors (Lipinski definition) is 0. The van der Waals surface area contributed by atoms with Crippen LogP contribution < -0.4 is 9.64 Å². The molecule has 2 aromatic heterocycles. The Kier molecular flexibility index (Phi) is 9.35. The third-order valence-electron chi connectivity index (χ3n) is 11.3. The quantitative estimate of drug-likeness (QED) is 0.138. The Morgan fingerprint density at radius 1 is 1.18 bits per heavy atom. The lowest BCUT2D eigenvalue weighted by Crippen LogP contribution is -2.57. The van der Waals surface area contributed by atoms with E-state index < -0.39 is 28.9 Å². The van der Waals surface area contributed by atoms with Gasteiger partial charge in [-0.15, -0.1) is 11.3 Å². The first-order valence-corrected chi connectivity index (χ1v) is 19.6. The Labute approximate surface area is 322 Å². The highest BCUT2D eigenvalue weighted by Crippen LogP contribution is 2.47. The molecule has 4 atom stereocenters. The van der Waals surface area contributed by atoms with Crippen LogP contribution in [0, 0.1) is 29.9 Å².